The molecule has 9 amide bonds. The second kappa shape index (κ2) is 43.2. The maximum absolute atomic E-state index is 13.4. The van der Waals surface area contributed by atoms with Gasteiger partial charge in [0.15, 0.2) is 11.6 Å². The molecule has 11 N–H and O–H groups in total. The minimum atomic E-state index is -0.768. The SMILES string of the molecule is CC(C)[C@@H](NC(=O)CCCCCCC(=O)CBr)C(=O)C[C@H](CCCNC(N)=O)C(=O)Nc1ccc(COC(=O)C(C)(C)C)cc1.CC(C)[C@@H](NC(=O)CCCCNC(=O)CI)C(=O)C[C@H](CCCNC(N)=O)C(=O)Nc1ccc(COC(=O)C(C)(C)C)cc1. The average molecular weight is 1430 g/mol. The Labute approximate surface area is 547 Å². The third kappa shape index (κ3) is 36.7. The van der Waals surface area contributed by atoms with E-state index < -0.39 is 46.8 Å². The van der Waals surface area contributed by atoms with Crippen molar-refractivity contribution < 1.29 is 67.0 Å². The zero-order chi connectivity index (χ0) is 67.3. The summed E-state index contributed by atoms with van der Waals surface area (Å²) >= 11 is 5.13. The first kappa shape index (κ1) is 80.5. The van der Waals surface area contributed by atoms with E-state index in [4.69, 9.17) is 20.9 Å². The van der Waals surface area contributed by atoms with Crippen molar-refractivity contribution in [1.82, 2.24) is 26.6 Å². The minimum Gasteiger partial charge on any atom is -0.460 e. The molecule has 0 spiro atoms. The number of anilines is 2. The molecule has 0 fully saturated rings. The van der Waals surface area contributed by atoms with Gasteiger partial charge in [-0.25, -0.2) is 9.59 Å². The summed E-state index contributed by atoms with van der Waals surface area (Å²) in [5.41, 5.74) is 11.6. The smallest absolute Gasteiger partial charge is 0.312 e. The van der Waals surface area contributed by atoms with E-state index in [1.165, 1.54) is 0 Å². The molecule has 0 aliphatic heterocycles. The van der Waals surface area contributed by atoms with Crippen molar-refractivity contribution in [3.05, 3.63) is 59.7 Å². The van der Waals surface area contributed by atoms with Crippen LogP contribution in [0.1, 0.15) is 177 Å². The highest BCUT2D eigenvalue weighted by Crippen LogP contribution is 2.24. The fourth-order valence-electron chi connectivity index (χ4n) is 8.54. The van der Waals surface area contributed by atoms with Crippen molar-refractivity contribution in [3.8, 4) is 0 Å². The first-order chi connectivity index (χ1) is 41.8. The van der Waals surface area contributed by atoms with Crippen LogP contribution in [0.3, 0.4) is 0 Å². The summed E-state index contributed by atoms with van der Waals surface area (Å²) in [5.74, 6) is -4.06. The van der Waals surface area contributed by atoms with Gasteiger partial charge in [-0.3, -0.25) is 47.9 Å². The van der Waals surface area contributed by atoms with E-state index in [0.717, 1.165) is 30.4 Å². The summed E-state index contributed by atoms with van der Waals surface area (Å²) in [6, 6.07) is 10.9. The molecular formula is C64H99BrIN9O14. The van der Waals surface area contributed by atoms with E-state index in [2.05, 4.69) is 53.1 Å². The van der Waals surface area contributed by atoms with Gasteiger partial charge < -0.3 is 58.2 Å². The van der Waals surface area contributed by atoms with Gasteiger partial charge in [0.1, 0.15) is 19.0 Å². The molecule has 498 valence electrons. The number of Topliss-reactive ketones (excluding diaryl/α,β-unsaturated/α-hetero) is 3. The molecule has 2 rings (SSSR count). The van der Waals surface area contributed by atoms with Crippen LogP contribution in [-0.4, -0.2) is 112 Å². The lowest BCUT2D eigenvalue weighted by molar-refractivity contribution is -0.155. The van der Waals surface area contributed by atoms with E-state index in [0.29, 0.717) is 79.0 Å². The molecule has 0 aromatic heterocycles. The Kier molecular flexibility index (Phi) is 39.1. The lowest BCUT2D eigenvalue weighted by atomic mass is 9.89. The fraction of sp³-hybridized carbons (Fsp3) is 0.625. The Balaban J connectivity index is 0.000000890. The van der Waals surface area contributed by atoms with Crippen molar-refractivity contribution in [2.24, 2.45) is 46.0 Å². The number of urea groups is 2. The summed E-state index contributed by atoms with van der Waals surface area (Å²) in [7, 11) is 0. The molecule has 25 heteroatoms. The van der Waals surface area contributed by atoms with Crippen LogP contribution in [0.2, 0.25) is 0 Å². The van der Waals surface area contributed by atoms with Gasteiger partial charge >= 0.3 is 24.0 Å². The number of alkyl halides is 2. The van der Waals surface area contributed by atoms with Crippen molar-refractivity contribution in [3.63, 3.8) is 0 Å². The number of carbonyl (C=O) groups excluding carboxylic acids is 12. The number of unbranched alkanes of at least 4 members (excludes halogenated alkanes) is 4. The van der Waals surface area contributed by atoms with E-state index in [-0.39, 0.29) is 123 Å². The number of hydrogen-bond donors (Lipinski definition) is 9. The van der Waals surface area contributed by atoms with Crippen molar-refractivity contribution >= 4 is 121 Å². The van der Waals surface area contributed by atoms with Gasteiger partial charge in [-0.2, -0.15) is 0 Å². The lowest BCUT2D eigenvalue weighted by Crippen LogP contribution is -2.45. The molecule has 4 atom stereocenters. The monoisotopic (exact) mass is 1420 g/mol. The third-order valence-electron chi connectivity index (χ3n) is 13.8. The number of ether oxygens (including phenoxy) is 2. The van der Waals surface area contributed by atoms with Crippen LogP contribution in [0, 0.1) is 34.5 Å². The second-order valence-corrected chi connectivity index (χ2v) is 26.1. The van der Waals surface area contributed by atoms with Gasteiger partial charge in [-0.15, -0.1) is 0 Å². The molecule has 2 aromatic carbocycles. The standard InChI is InChI=1S/C33H51BrN4O7.C31H48IN5O7/c1-22(2)29(38-28(41)13-9-7-6-8-12-26(39)20-34)27(40)19-24(11-10-18-36-32(35)44)30(42)37-25-16-14-23(15-17-25)21-45-31(43)33(3,4)5;1-20(2)27(37-25(39)10-6-7-15-34-26(40)18-32)24(38)17-22(9-8-16-35-30(33)43)28(41)36-23-13-11-21(12-14-23)19-44-29(42)31(3,4)5/h14-17,22,24,29H,6-13,18-21H2,1-5H3,(H,37,42)(H,38,41)(H3,35,36,44);11-14,20,22,27H,6-10,15-19H2,1-5H3,(H,34,40)(H,36,41)(H,37,39)(H3,33,35,43)/t24-,29+;22-,27+/m00/s1. The Bertz CT molecular complexity index is 2610. The summed E-state index contributed by atoms with van der Waals surface area (Å²) in [5, 5.41) is 19.5. The number of ketones is 3. The predicted molar refractivity (Wildman–Crippen MR) is 354 cm³/mol. The van der Waals surface area contributed by atoms with Crippen molar-refractivity contribution in [2.75, 3.05) is 40.0 Å². The third-order valence-corrected chi connectivity index (χ3v) is 15.1. The highest BCUT2D eigenvalue weighted by Gasteiger charge is 2.32. The van der Waals surface area contributed by atoms with Gasteiger partial charge in [0.25, 0.3) is 0 Å². The maximum atomic E-state index is 13.4. The topological polar surface area (TPSA) is 360 Å². The Hall–Kier alpha value is -6.51. The number of esters is 2. The summed E-state index contributed by atoms with van der Waals surface area (Å²) in [6.45, 7) is 19.2. The summed E-state index contributed by atoms with van der Waals surface area (Å²) in [6.07, 6.45) is 6.59. The van der Waals surface area contributed by atoms with E-state index in [9.17, 15) is 57.5 Å². The molecule has 23 nitrogen and oxygen atoms in total. The molecule has 0 saturated heterocycles. The van der Waals surface area contributed by atoms with Crippen LogP contribution >= 0.6 is 38.5 Å². The minimum absolute atomic E-state index is 0.0552. The molecule has 2 aromatic rings. The maximum Gasteiger partial charge on any atom is 0.312 e. The zero-order valence-electron chi connectivity index (χ0n) is 53.8. The zero-order valence-corrected chi connectivity index (χ0v) is 57.5. The average Bonchev–Trinajstić information content (AvgIpc) is 3.64. The molecule has 0 saturated carbocycles. The number of carbonyl (C=O) groups is 12. The molecular weight excluding hydrogens is 1330 g/mol. The molecule has 0 bridgehead atoms. The number of nitrogens with two attached hydrogens (primary N) is 2. The fourth-order valence-corrected chi connectivity index (χ4v) is 9.09. The lowest BCUT2D eigenvalue weighted by Gasteiger charge is -2.24. The molecule has 0 aliphatic rings. The van der Waals surface area contributed by atoms with Gasteiger partial charge in [-0.05, 0) is 140 Å². The largest absolute Gasteiger partial charge is 0.460 e. The van der Waals surface area contributed by atoms with Crippen LogP contribution in [0.25, 0.3) is 0 Å². The number of halogens is 2. The van der Waals surface area contributed by atoms with Gasteiger partial charge in [0.2, 0.25) is 29.5 Å². The molecule has 89 heavy (non-hydrogen) atoms. The Morgan fingerprint density at radius 2 is 0.854 bits per heavy atom. The van der Waals surface area contributed by atoms with Crippen LogP contribution in [0.15, 0.2) is 48.5 Å². The predicted octanol–water partition coefficient (Wildman–Crippen LogP) is 8.78. The molecule has 0 aliphatic carbocycles. The van der Waals surface area contributed by atoms with Crippen LogP contribution < -0.4 is 48.7 Å². The number of primary amides is 2. The van der Waals surface area contributed by atoms with Crippen LogP contribution in [0.4, 0.5) is 21.0 Å². The normalized spacial score (nSPS) is 12.6. The number of hydrogen-bond acceptors (Lipinski definition) is 14. The van der Waals surface area contributed by atoms with Gasteiger partial charge in [-0.1, -0.05) is 103 Å². The molecule has 0 heterocycles. The number of rotatable bonds is 40. The quantitative estimate of drug-likeness (QED) is 0.0130. The van der Waals surface area contributed by atoms with E-state index in [1.54, 1.807) is 90.1 Å². The van der Waals surface area contributed by atoms with Crippen LogP contribution in [-0.2, 0) is 70.6 Å². The highest BCUT2D eigenvalue weighted by atomic mass is 127. The van der Waals surface area contributed by atoms with Crippen LogP contribution in [0.5, 0.6) is 0 Å². The Morgan fingerprint density at radius 1 is 0.494 bits per heavy atom. The first-order valence-corrected chi connectivity index (χ1v) is 33.2. The second-order valence-electron chi connectivity index (χ2n) is 24.7. The van der Waals surface area contributed by atoms with Crippen molar-refractivity contribution in [1.29, 1.82) is 0 Å². The van der Waals surface area contributed by atoms with E-state index in [1.807, 2.05) is 50.3 Å². The highest BCUT2D eigenvalue weighted by molar-refractivity contribution is 14.1. The number of nitrogens with one attached hydrogen (secondary N) is 7. The van der Waals surface area contributed by atoms with Gasteiger partial charge in [0, 0.05) is 74.9 Å². The first-order valence-electron chi connectivity index (χ1n) is 30.5. The van der Waals surface area contributed by atoms with Crippen molar-refractivity contribution in [2.45, 2.75) is 191 Å². The number of benzene rings is 2. The number of amides is 9. The van der Waals surface area contributed by atoms with Gasteiger partial charge in [0.05, 0.1) is 32.7 Å². The molecule has 0 radical (unpaired) electrons. The van der Waals surface area contributed by atoms with E-state index >= 15 is 0 Å². The summed E-state index contributed by atoms with van der Waals surface area (Å²) < 4.78 is 11.0. The molecule has 0 unspecified atom stereocenters. The summed E-state index contributed by atoms with van der Waals surface area (Å²) in [4.78, 5) is 148. The Morgan fingerprint density at radius 3 is 1.19 bits per heavy atom.